The summed E-state index contributed by atoms with van der Waals surface area (Å²) in [5.41, 5.74) is -2.87. The number of nitro groups is 1. The van der Waals surface area contributed by atoms with Crippen LogP contribution in [0.1, 0.15) is 27.2 Å². The van der Waals surface area contributed by atoms with E-state index >= 15 is 0 Å². The molecule has 0 aliphatic rings. The fourth-order valence-corrected chi connectivity index (χ4v) is 2.23. The molecule has 1 heterocycles. The molecule has 0 fully saturated rings. The summed E-state index contributed by atoms with van der Waals surface area (Å²) in [7, 11) is 0. The van der Waals surface area contributed by atoms with Crippen LogP contribution in [0.2, 0.25) is 0 Å². The van der Waals surface area contributed by atoms with Gasteiger partial charge in [-0.05, 0) is 18.6 Å². The minimum Gasteiger partial charge on any atom is -1.00 e. The Kier molecular flexibility index (Phi) is 6.16. The van der Waals surface area contributed by atoms with Gasteiger partial charge >= 0.3 is 18.1 Å². The predicted octanol–water partition coefficient (Wildman–Crippen LogP) is 0.504. The third-order valence-electron chi connectivity index (χ3n) is 3.45. The van der Waals surface area contributed by atoms with Crippen molar-refractivity contribution in [2.75, 3.05) is 0 Å². The lowest BCUT2D eigenvalue weighted by molar-refractivity contribution is -0.385. The molecule has 0 saturated carbocycles. The normalized spacial score (nSPS) is 11.8. The van der Waals surface area contributed by atoms with E-state index in [1.807, 2.05) is 0 Å². The van der Waals surface area contributed by atoms with Crippen LogP contribution in [0.25, 0.3) is 0 Å². The summed E-state index contributed by atoms with van der Waals surface area (Å²) in [5, 5.41) is 22.7. The van der Waals surface area contributed by atoms with Gasteiger partial charge in [0.2, 0.25) is 0 Å². The van der Waals surface area contributed by atoms with Gasteiger partial charge in [-0.2, -0.15) is 27.1 Å². The minimum atomic E-state index is -6.01. The van der Waals surface area contributed by atoms with Gasteiger partial charge in [-0.15, -0.1) is 0 Å². The number of halogens is 6. The molecule has 0 unspecified atom stereocenters. The fourth-order valence-electron chi connectivity index (χ4n) is 2.23. The Morgan fingerprint density at radius 1 is 1.30 bits per heavy atom. The largest absolute Gasteiger partial charge is 1.00 e. The first kappa shape index (κ1) is 22.3. The average molecular weight is 415 g/mol. The molecule has 148 valence electrons. The highest BCUT2D eigenvalue weighted by Crippen LogP contribution is 2.44. The molecule has 2 aromatic rings. The molecule has 13 heteroatoms. The Labute approximate surface area is 154 Å². The zero-order valence-corrected chi connectivity index (χ0v) is 14.1. The van der Waals surface area contributed by atoms with Gasteiger partial charge in [-0.1, -0.05) is 6.07 Å². The number of benzene rings is 1. The second-order valence-corrected chi connectivity index (χ2v) is 5.34. The van der Waals surface area contributed by atoms with E-state index in [0.29, 0.717) is 16.4 Å². The second kappa shape index (κ2) is 7.47. The third-order valence-corrected chi connectivity index (χ3v) is 3.45. The lowest BCUT2D eigenvalue weighted by Crippen LogP contribution is -3.00. The van der Waals surface area contributed by atoms with Crippen LogP contribution in [0.4, 0.5) is 27.6 Å². The van der Waals surface area contributed by atoms with Crippen molar-refractivity contribution in [3.05, 3.63) is 56.9 Å². The number of nitrogens with zero attached hydrogens (tertiary/aromatic N) is 3. The van der Waals surface area contributed by atoms with Crippen LogP contribution in [0.5, 0.6) is 0 Å². The van der Waals surface area contributed by atoms with Crippen molar-refractivity contribution in [3.8, 4) is 0 Å². The van der Waals surface area contributed by atoms with Crippen LogP contribution in [0, 0.1) is 17.0 Å². The average Bonchev–Trinajstić information content (AvgIpc) is 2.90. The third kappa shape index (κ3) is 4.32. The van der Waals surface area contributed by atoms with Gasteiger partial charge in [0.05, 0.1) is 11.5 Å². The van der Waals surface area contributed by atoms with Crippen LogP contribution in [0.15, 0.2) is 24.4 Å². The Morgan fingerprint density at radius 3 is 2.33 bits per heavy atom. The van der Waals surface area contributed by atoms with Crippen molar-refractivity contribution in [3.63, 3.8) is 0 Å². The molecule has 2 rings (SSSR count). The number of alkyl halides is 5. The van der Waals surface area contributed by atoms with Crippen LogP contribution in [0.3, 0.4) is 0 Å². The molecule has 1 aromatic heterocycles. The predicted molar refractivity (Wildman–Crippen MR) is 76.1 cm³/mol. The Balaban J connectivity index is 0.00000364. The minimum absolute atomic E-state index is 0. The maximum atomic E-state index is 13.5. The highest BCUT2D eigenvalue weighted by Gasteiger charge is 2.62. The molecular weight excluding hydrogens is 405 g/mol. The maximum absolute atomic E-state index is 13.5. The number of hydrogen-bond acceptors (Lipinski definition) is 4. The molecule has 0 atom stereocenters. The first-order chi connectivity index (χ1) is 11.8. The van der Waals surface area contributed by atoms with Gasteiger partial charge in [0, 0.05) is 17.8 Å². The number of aromatic nitrogens is 2. The van der Waals surface area contributed by atoms with E-state index in [2.05, 4.69) is 5.10 Å². The van der Waals surface area contributed by atoms with Crippen molar-refractivity contribution in [2.24, 2.45) is 0 Å². The monoisotopic (exact) mass is 414 g/mol. The van der Waals surface area contributed by atoms with Crippen LogP contribution in [-0.4, -0.2) is 32.0 Å². The lowest BCUT2D eigenvalue weighted by Gasteiger charge is -2.17. The number of nitro benzene ring substituents is 1. The van der Waals surface area contributed by atoms with Gasteiger partial charge in [0.25, 0.3) is 5.69 Å². The fraction of sp³-hybridized carbons (Fsp3) is 0.286. The molecule has 0 radical (unpaired) electrons. The molecule has 1 aromatic carbocycles. The van der Waals surface area contributed by atoms with Crippen LogP contribution < -0.4 is 12.4 Å². The van der Waals surface area contributed by atoms with Crippen molar-refractivity contribution < 1.29 is 49.2 Å². The molecule has 0 aliphatic heterocycles. The highest BCUT2D eigenvalue weighted by molar-refractivity contribution is 5.89. The number of hydrogen-bond donors (Lipinski definition) is 1. The van der Waals surface area contributed by atoms with Crippen molar-refractivity contribution in [1.82, 2.24) is 9.78 Å². The number of carbonyl (C=O) groups is 1. The lowest BCUT2D eigenvalue weighted by atomic mass is 10.1. The van der Waals surface area contributed by atoms with E-state index in [1.165, 1.54) is 19.1 Å². The summed E-state index contributed by atoms with van der Waals surface area (Å²) >= 11 is 0. The van der Waals surface area contributed by atoms with Crippen molar-refractivity contribution >= 4 is 11.7 Å². The van der Waals surface area contributed by atoms with Gasteiger partial charge in [-0.25, -0.2) is 4.79 Å². The topological polar surface area (TPSA) is 98.3 Å². The molecule has 0 bridgehead atoms. The smallest absolute Gasteiger partial charge is 0.459 e. The number of rotatable bonds is 5. The second-order valence-electron chi connectivity index (χ2n) is 5.34. The van der Waals surface area contributed by atoms with E-state index in [-0.39, 0.29) is 30.2 Å². The zero-order valence-electron chi connectivity index (χ0n) is 13.3. The quantitative estimate of drug-likeness (QED) is 0.436. The summed E-state index contributed by atoms with van der Waals surface area (Å²) in [6, 6.07) is 3.72. The summed E-state index contributed by atoms with van der Waals surface area (Å²) in [5.74, 6) is -7.44. The molecule has 7 nitrogen and oxygen atoms in total. The van der Waals surface area contributed by atoms with E-state index in [9.17, 15) is 36.9 Å². The van der Waals surface area contributed by atoms with Crippen LogP contribution in [-0.2, 0) is 12.5 Å². The number of aryl methyl sites for hydroxylation is 1. The number of carboxylic acids is 1. The van der Waals surface area contributed by atoms with Gasteiger partial charge < -0.3 is 17.5 Å². The first-order valence-electron chi connectivity index (χ1n) is 6.84. The molecule has 27 heavy (non-hydrogen) atoms. The zero-order chi connectivity index (χ0) is 19.9. The van der Waals surface area contributed by atoms with Crippen molar-refractivity contribution in [1.29, 1.82) is 0 Å². The van der Waals surface area contributed by atoms with Crippen LogP contribution >= 0.6 is 0 Å². The highest BCUT2D eigenvalue weighted by atomic mass is 35.5. The Morgan fingerprint density at radius 2 is 1.89 bits per heavy atom. The Bertz CT molecular complexity index is 882. The Hall–Kier alpha value is -2.76. The van der Waals surface area contributed by atoms with E-state index in [1.54, 1.807) is 0 Å². The number of aromatic carboxylic acids is 1. The molecular formula is C14H10ClF5N3O4-. The molecule has 0 spiro atoms. The summed E-state index contributed by atoms with van der Waals surface area (Å²) in [6.45, 7) is 1.06. The van der Waals surface area contributed by atoms with Gasteiger partial charge in [0.1, 0.15) is 5.56 Å². The summed E-state index contributed by atoms with van der Waals surface area (Å²) in [6.07, 6.45) is -5.46. The van der Waals surface area contributed by atoms with E-state index in [4.69, 9.17) is 5.11 Å². The molecule has 0 amide bonds. The summed E-state index contributed by atoms with van der Waals surface area (Å²) in [4.78, 5) is 21.1. The molecule has 0 aliphatic carbocycles. The molecule has 0 saturated heterocycles. The summed E-state index contributed by atoms with van der Waals surface area (Å²) < 4.78 is 65.2. The van der Waals surface area contributed by atoms with Gasteiger partial charge in [0.15, 0.2) is 5.69 Å². The van der Waals surface area contributed by atoms with E-state index in [0.717, 1.165) is 6.07 Å². The van der Waals surface area contributed by atoms with E-state index < -0.39 is 34.2 Å². The SMILES string of the molecule is Cc1cc(Cn2cc(C(=O)O)c(C(F)(F)C(F)(F)F)n2)ccc1[N+](=O)[O-].[Cl-]. The molecule has 1 N–H and O–H groups in total. The number of carboxylic acid groups (broad SMARTS) is 1. The maximum Gasteiger partial charge on any atom is 0.459 e. The van der Waals surface area contributed by atoms with Gasteiger partial charge in [-0.3, -0.25) is 14.8 Å². The standard InChI is InChI=1S/C14H10F5N3O4.ClH/c1-7-4-8(2-3-10(7)22(25)26)5-21-6-9(12(23)24)11(20-21)13(15,16)14(17,18)19;/h2-4,6H,5H2,1H3,(H,23,24);1H/p-1. The first-order valence-corrected chi connectivity index (χ1v) is 6.84. The van der Waals surface area contributed by atoms with Crippen molar-refractivity contribution in [2.45, 2.75) is 25.6 Å².